The molecule has 0 aliphatic carbocycles. The molecule has 3 aromatic rings. The zero-order valence-electron chi connectivity index (χ0n) is 11.2. The van der Waals surface area contributed by atoms with Crippen molar-refractivity contribution in [3.8, 4) is 11.3 Å². The summed E-state index contributed by atoms with van der Waals surface area (Å²) in [6.07, 6.45) is -1.41. The Labute approximate surface area is 123 Å². The molecule has 0 unspecified atom stereocenters. The Bertz CT molecular complexity index is 750. The van der Waals surface area contributed by atoms with Gasteiger partial charge in [0.2, 0.25) is 0 Å². The van der Waals surface area contributed by atoms with Crippen molar-refractivity contribution in [1.82, 2.24) is 14.9 Å². The van der Waals surface area contributed by atoms with E-state index >= 15 is 0 Å². The zero-order chi connectivity index (χ0) is 15.6. The van der Waals surface area contributed by atoms with Gasteiger partial charge >= 0.3 is 6.18 Å². The molecule has 0 aliphatic rings. The first-order chi connectivity index (χ1) is 10.5. The van der Waals surface area contributed by atoms with Crippen LogP contribution in [0.1, 0.15) is 11.3 Å². The maximum atomic E-state index is 12.7. The summed E-state index contributed by atoms with van der Waals surface area (Å²) in [5.41, 5.74) is 2.64. The fourth-order valence-corrected chi connectivity index (χ4v) is 1.93. The van der Waals surface area contributed by atoms with Crippen LogP contribution in [0.3, 0.4) is 0 Å². The number of furan rings is 1. The molecule has 0 atom stereocenters. The number of rotatable bonds is 4. The van der Waals surface area contributed by atoms with Crippen molar-refractivity contribution in [3.05, 3.63) is 60.4 Å². The molecule has 2 heterocycles. The van der Waals surface area contributed by atoms with Crippen LogP contribution in [0.2, 0.25) is 0 Å². The molecule has 5 nitrogen and oxygen atoms in total. The summed E-state index contributed by atoms with van der Waals surface area (Å²) < 4.78 is 45.2. The van der Waals surface area contributed by atoms with Gasteiger partial charge in [-0.15, -0.1) is 10.2 Å². The van der Waals surface area contributed by atoms with E-state index < -0.39 is 11.7 Å². The molecule has 2 aromatic heterocycles. The Balaban J connectivity index is 1.76. The molecule has 0 bridgehead atoms. The van der Waals surface area contributed by atoms with Crippen molar-refractivity contribution in [3.63, 3.8) is 0 Å². The number of nitrogens with zero attached hydrogens (tertiary/aromatic N) is 3. The lowest BCUT2D eigenvalue weighted by atomic mass is 10.1. The number of alkyl halides is 3. The number of nitrogens with one attached hydrogen (secondary N) is 1. The number of hydrogen-bond acceptors (Lipinski definition) is 4. The van der Waals surface area contributed by atoms with Gasteiger partial charge in [0, 0.05) is 5.56 Å². The van der Waals surface area contributed by atoms with Gasteiger partial charge in [-0.05, 0) is 24.3 Å². The lowest BCUT2D eigenvalue weighted by Crippen LogP contribution is -2.11. The second-order valence-corrected chi connectivity index (χ2v) is 4.55. The smallest absolute Gasteiger partial charge is 0.416 e. The Morgan fingerprint density at radius 2 is 1.86 bits per heavy atom. The van der Waals surface area contributed by atoms with Crippen molar-refractivity contribution in [2.45, 2.75) is 12.7 Å². The fourth-order valence-electron chi connectivity index (χ4n) is 1.93. The minimum Gasteiger partial charge on any atom is -0.459 e. The maximum absolute atomic E-state index is 12.7. The predicted octanol–water partition coefficient (Wildman–Crippen LogP) is 3.30. The van der Waals surface area contributed by atoms with Crippen LogP contribution in [0, 0.1) is 0 Å². The Hall–Kier alpha value is -2.77. The van der Waals surface area contributed by atoms with Gasteiger partial charge in [-0.25, -0.2) is 4.68 Å². The lowest BCUT2D eigenvalue weighted by Gasteiger charge is -2.07. The molecule has 0 fully saturated rings. The second kappa shape index (κ2) is 5.55. The summed E-state index contributed by atoms with van der Waals surface area (Å²) in [5, 5.41) is 7.27. The molecule has 0 amide bonds. The van der Waals surface area contributed by atoms with E-state index in [-0.39, 0.29) is 0 Å². The van der Waals surface area contributed by atoms with E-state index in [0.717, 1.165) is 12.1 Å². The first-order valence-corrected chi connectivity index (χ1v) is 6.37. The van der Waals surface area contributed by atoms with Crippen LogP contribution in [-0.2, 0) is 12.7 Å². The largest absolute Gasteiger partial charge is 0.459 e. The molecule has 1 N–H and O–H groups in total. The third-order valence-corrected chi connectivity index (χ3v) is 2.99. The van der Waals surface area contributed by atoms with Crippen LogP contribution >= 0.6 is 0 Å². The molecule has 22 heavy (non-hydrogen) atoms. The normalized spacial score (nSPS) is 11.6. The molecule has 0 aliphatic heterocycles. The minimum atomic E-state index is -4.37. The number of halogens is 3. The average molecular weight is 308 g/mol. The third-order valence-electron chi connectivity index (χ3n) is 2.99. The van der Waals surface area contributed by atoms with Crippen molar-refractivity contribution in [2.75, 3.05) is 5.43 Å². The quantitative estimate of drug-likeness (QED) is 0.803. The predicted molar refractivity (Wildman–Crippen MR) is 72.2 cm³/mol. The maximum Gasteiger partial charge on any atom is 0.416 e. The van der Waals surface area contributed by atoms with E-state index in [9.17, 15) is 13.2 Å². The van der Waals surface area contributed by atoms with E-state index in [0.29, 0.717) is 23.6 Å². The van der Waals surface area contributed by atoms with Gasteiger partial charge in [0.15, 0.2) is 0 Å². The summed E-state index contributed by atoms with van der Waals surface area (Å²) in [6, 6.07) is 8.36. The van der Waals surface area contributed by atoms with E-state index in [1.807, 2.05) is 0 Å². The summed E-state index contributed by atoms with van der Waals surface area (Å²) in [5.74, 6) is 0.966. The molecular weight excluding hydrogens is 297 g/mol. The van der Waals surface area contributed by atoms with Crippen LogP contribution in [0.25, 0.3) is 11.3 Å². The lowest BCUT2D eigenvalue weighted by molar-refractivity contribution is -0.137. The van der Waals surface area contributed by atoms with Gasteiger partial charge in [0.05, 0.1) is 12.1 Å². The summed E-state index contributed by atoms with van der Waals surface area (Å²) in [6.45, 7) is 0.358. The first-order valence-electron chi connectivity index (χ1n) is 6.37. The van der Waals surface area contributed by atoms with E-state index in [4.69, 9.17) is 4.42 Å². The third kappa shape index (κ3) is 3.11. The van der Waals surface area contributed by atoms with Crippen molar-refractivity contribution >= 4 is 0 Å². The van der Waals surface area contributed by atoms with E-state index in [1.54, 1.807) is 22.9 Å². The van der Waals surface area contributed by atoms with Gasteiger partial charge in [0.25, 0.3) is 0 Å². The molecular formula is C14H11F3N4O. The van der Waals surface area contributed by atoms with Crippen LogP contribution in [0.5, 0.6) is 0 Å². The van der Waals surface area contributed by atoms with Crippen molar-refractivity contribution < 1.29 is 17.6 Å². The summed E-state index contributed by atoms with van der Waals surface area (Å²) >= 11 is 0. The Kier molecular flexibility index (Phi) is 3.58. The molecule has 8 heteroatoms. The Morgan fingerprint density at radius 3 is 2.59 bits per heavy atom. The summed E-state index contributed by atoms with van der Waals surface area (Å²) in [4.78, 5) is 0. The number of hydrogen-bond donors (Lipinski definition) is 1. The average Bonchev–Trinajstić information content (AvgIpc) is 3.16. The van der Waals surface area contributed by atoms with E-state index in [2.05, 4.69) is 15.6 Å². The van der Waals surface area contributed by atoms with Gasteiger partial charge in [-0.2, -0.15) is 13.2 Å². The first kappa shape index (κ1) is 14.2. The fraction of sp³-hybridized carbons (Fsp3) is 0.143. The SMILES string of the molecule is FC(F)(F)c1cccc(-c2ccc(CNn3cnnc3)o2)c1. The molecule has 0 radical (unpaired) electrons. The summed E-state index contributed by atoms with van der Waals surface area (Å²) in [7, 11) is 0. The van der Waals surface area contributed by atoms with E-state index in [1.165, 1.54) is 18.7 Å². The highest BCUT2D eigenvalue weighted by molar-refractivity contribution is 5.58. The van der Waals surface area contributed by atoms with Crippen molar-refractivity contribution in [1.29, 1.82) is 0 Å². The number of aromatic nitrogens is 3. The molecule has 1 aromatic carbocycles. The zero-order valence-corrected chi connectivity index (χ0v) is 11.2. The van der Waals surface area contributed by atoms with Gasteiger partial charge < -0.3 is 9.84 Å². The van der Waals surface area contributed by atoms with Crippen LogP contribution in [0.15, 0.2) is 53.5 Å². The van der Waals surface area contributed by atoms with Crippen LogP contribution in [0.4, 0.5) is 13.2 Å². The topological polar surface area (TPSA) is 55.9 Å². The standard InChI is InChI=1S/C14H11F3N4O/c15-14(16,17)11-3-1-2-10(6-11)13-5-4-12(22-13)7-20-21-8-18-19-9-21/h1-6,8-9,20H,7H2. The molecule has 0 saturated heterocycles. The monoisotopic (exact) mass is 308 g/mol. The molecule has 0 saturated carbocycles. The number of benzene rings is 1. The minimum absolute atomic E-state index is 0.358. The molecule has 114 valence electrons. The van der Waals surface area contributed by atoms with Crippen molar-refractivity contribution in [2.24, 2.45) is 0 Å². The van der Waals surface area contributed by atoms with Gasteiger partial charge in [-0.3, -0.25) is 0 Å². The van der Waals surface area contributed by atoms with Gasteiger partial charge in [-0.1, -0.05) is 12.1 Å². The highest BCUT2D eigenvalue weighted by atomic mass is 19.4. The molecule has 0 spiro atoms. The Morgan fingerprint density at radius 1 is 1.09 bits per heavy atom. The van der Waals surface area contributed by atoms with Crippen LogP contribution < -0.4 is 5.43 Å². The highest BCUT2D eigenvalue weighted by Crippen LogP contribution is 2.32. The molecule has 3 rings (SSSR count). The van der Waals surface area contributed by atoms with Crippen LogP contribution in [-0.4, -0.2) is 14.9 Å². The highest BCUT2D eigenvalue weighted by Gasteiger charge is 2.30. The van der Waals surface area contributed by atoms with Gasteiger partial charge in [0.1, 0.15) is 24.2 Å². The second-order valence-electron chi connectivity index (χ2n) is 4.55.